The number of hydrogen-bond donors (Lipinski definition) is 3. The van der Waals surface area contributed by atoms with Crippen molar-refractivity contribution >= 4 is 24.2 Å². The summed E-state index contributed by atoms with van der Waals surface area (Å²) in [6, 6.07) is 0. The maximum atomic E-state index is 12.2. The van der Waals surface area contributed by atoms with Crippen molar-refractivity contribution in [1.29, 1.82) is 0 Å². The fourth-order valence-corrected chi connectivity index (χ4v) is 2.17. The highest BCUT2D eigenvalue weighted by molar-refractivity contribution is 5.87. The van der Waals surface area contributed by atoms with Crippen LogP contribution in [-0.4, -0.2) is 37.5 Å². The first-order chi connectivity index (χ1) is 8.32. The summed E-state index contributed by atoms with van der Waals surface area (Å²) in [6.45, 7) is 6.80. The van der Waals surface area contributed by atoms with Crippen LogP contribution in [0.5, 0.6) is 0 Å². The fraction of sp³-hybridized carbons (Fsp3) is 0.846. The Bertz CT molecular complexity index is 326. The van der Waals surface area contributed by atoms with Crippen LogP contribution in [0.25, 0.3) is 0 Å². The molecular weight excluding hydrogens is 266 g/mol. The van der Waals surface area contributed by atoms with Crippen LogP contribution in [0.15, 0.2) is 0 Å². The molecule has 1 fully saturated rings. The largest absolute Gasteiger partial charge is 0.359 e. The van der Waals surface area contributed by atoms with Crippen molar-refractivity contribution in [3.8, 4) is 0 Å². The SMILES string of the molecule is CNC(=O)C(C)(C)CNC(=O)C1(C)CCCCN1.Cl. The third-order valence-corrected chi connectivity index (χ3v) is 3.65. The molecular formula is C13H26ClN3O2. The minimum absolute atomic E-state index is 0. The van der Waals surface area contributed by atoms with Gasteiger partial charge in [0.05, 0.1) is 11.0 Å². The minimum Gasteiger partial charge on any atom is -0.359 e. The van der Waals surface area contributed by atoms with Gasteiger partial charge in [-0.05, 0) is 46.6 Å². The van der Waals surface area contributed by atoms with Gasteiger partial charge in [0, 0.05) is 13.6 Å². The summed E-state index contributed by atoms with van der Waals surface area (Å²) in [4.78, 5) is 23.8. The number of hydrogen-bond acceptors (Lipinski definition) is 3. The van der Waals surface area contributed by atoms with Crippen LogP contribution in [0, 0.1) is 5.41 Å². The lowest BCUT2D eigenvalue weighted by Gasteiger charge is -2.34. The van der Waals surface area contributed by atoms with E-state index in [0.29, 0.717) is 6.54 Å². The smallest absolute Gasteiger partial charge is 0.240 e. The molecule has 1 aliphatic heterocycles. The van der Waals surface area contributed by atoms with E-state index in [-0.39, 0.29) is 24.2 Å². The topological polar surface area (TPSA) is 70.2 Å². The van der Waals surface area contributed by atoms with Crippen molar-refractivity contribution in [3.05, 3.63) is 0 Å². The lowest BCUT2D eigenvalue weighted by Crippen LogP contribution is -2.58. The van der Waals surface area contributed by atoms with Gasteiger partial charge in [-0.2, -0.15) is 0 Å². The zero-order chi connectivity index (χ0) is 13.8. The molecule has 1 aliphatic rings. The van der Waals surface area contributed by atoms with E-state index in [1.54, 1.807) is 7.05 Å². The molecule has 0 aromatic heterocycles. The fourth-order valence-electron chi connectivity index (χ4n) is 2.17. The van der Waals surface area contributed by atoms with Crippen molar-refractivity contribution in [2.24, 2.45) is 5.41 Å². The Balaban J connectivity index is 0.00000324. The summed E-state index contributed by atoms with van der Waals surface area (Å²) in [6.07, 6.45) is 3.03. The number of carbonyl (C=O) groups is 2. The van der Waals surface area contributed by atoms with Crippen LogP contribution < -0.4 is 16.0 Å². The zero-order valence-electron chi connectivity index (χ0n) is 12.3. The summed E-state index contributed by atoms with van der Waals surface area (Å²) in [5, 5.41) is 8.76. The molecule has 1 unspecified atom stereocenters. The summed E-state index contributed by atoms with van der Waals surface area (Å²) in [7, 11) is 1.61. The average Bonchev–Trinajstić information content (AvgIpc) is 2.35. The van der Waals surface area contributed by atoms with Gasteiger partial charge in [0.15, 0.2) is 0 Å². The number of piperidine rings is 1. The second-order valence-corrected chi connectivity index (χ2v) is 5.86. The number of amides is 2. The second-order valence-electron chi connectivity index (χ2n) is 5.86. The van der Waals surface area contributed by atoms with E-state index < -0.39 is 11.0 Å². The maximum Gasteiger partial charge on any atom is 0.240 e. The summed E-state index contributed by atoms with van der Waals surface area (Å²) in [5.41, 5.74) is -1.08. The van der Waals surface area contributed by atoms with Crippen molar-refractivity contribution in [2.75, 3.05) is 20.1 Å². The first-order valence-corrected chi connectivity index (χ1v) is 6.57. The van der Waals surface area contributed by atoms with Gasteiger partial charge in [0.25, 0.3) is 0 Å². The van der Waals surface area contributed by atoms with Crippen molar-refractivity contribution in [2.45, 2.75) is 45.6 Å². The van der Waals surface area contributed by atoms with Gasteiger partial charge in [-0.3, -0.25) is 9.59 Å². The molecule has 19 heavy (non-hydrogen) atoms. The molecule has 0 aromatic carbocycles. The summed E-state index contributed by atoms with van der Waals surface area (Å²) in [5.74, 6) is -0.0799. The van der Waals surface area contributed by atoms with Gasteiger partial charge in [-0.25, -0.2) is 0 Å². The molecule has 0 radical (unpaired) electrons. The number of carbonyl (C=O) groups excluding carboxylic acids is 2. The Kier molecular flexibility index (Phi) is 6.80. The molecule has 3 N–H and O–H groups in total. The zero-order valence-corrected chi connectivity index (χ0v) is 13.1. The molecule has 1 atom stereocenters. The molecule has 2 amide bonds. The first kappa shape index (κ1) is 18.2. The highest BCUT2D eigenvalue weighted by Gasteiger charge is 2.36. The summed E-state index contributed by atoms with van der Waals surface area (Å²) < 4.78 is 0. The van der Waals surface area contributed by atoms with E-state index >= 15 is 0 Å². The lowest BCUT2D eigenvalue weighted by molar-refractivity contribution is -0.131. The lowest BCUT2D eigenvalue weighted by atomic mass is 9.88. The molecule has 1 saturated heterocycles. The molecule has 0 aromatic rings. The number of halogens is 1. The van der Waals surface area contributed by atoms with Crippen LogP contribution >= 0.6 is 12.4 Å². The molecule has 1 rings (SSSR count). The Morgan fingerprint density at radius 3 is 2.42 bits per heavy atom. The quantitative estimate of drug-likeness (QED) is 0.718. The van der Waals surface area contributed by atoms with Crippen LogP contribution in [0.2, 0.25) is 0 Å². The van der Waals surface area contributed by atoms with Crippen LogP contribution in [0.3, 0.4) is 0 Å². The molecule has 1 heterocycles. The van der Waals surface area contributed by atoms with E-state index in [2.05, 4.69) is 16.0 Å². The normalized spacial score (nSPS) is 23.2. The van der Waals surface area contributed by atoms with Crippen molar-refractivity contribution in [1.82, 2.24) is 16.0 Å². The van der Waals surface area contributed by atoms with Crippen LogP contribution in [0.1, 0.15) is 40.0 Å². The van der Waals surface area contributed by atoms with Gasteiger partial charge in [-0.15, -0.1) is 12.4 Å². The van der Waals surface area contributed by atoms with E-state index in [1.165, 1.54) is 0 Å². The molecule has 112 valence electrons. The van der Waals surface area contributed by atoms with Crippen LogP contribution in [0.4, 0.5) is 0 Å². The Morgan fingerprint density at radius 2 is 1.95 bits per heavy atom. The van der Waals surface area contributed by atoms with Crippen LogP contribution in [-0.2, 0) is 9.59 Å². The van der Waals surface area contributed by atoms with E-state index in [9.17, 15) is 9.59 Å². The number of rotatable bonds is 4. The average molecular weight is 292 g/mol. The Morgan fingerprint density at radius 1 is 1.32 bits per heavy atom. The van der Waals surface area contributed by atoms with Gasteiger partial charge < -0.3 is 16.0 Å². The molecule has 0 saturated carbocycles. The highest BCUT2D eigenvalue weighted by Crippen LogP contribution is 2.20. The van der Waals surface area contributed by atoms with Gasteiger partial charge in [-0.1, -0.05) is 0 Å². The first-order valence-electron chi connectivity index (χ1n) is 6.57. The van der Waals surface area contributed by atoms with Gasteiger partial charge in [0.2, 0.25) is 11.8 Å². The van der Waals surface area contributed by atoms with E-state index in [4.69, 9.17) is 0 Å². The molecule has 6 heteroatoms. The van der Waals surface area contributed by atoms with Gasteiger partial charge >= 0.3 is 0 Å². The predicted molar refractivity (Wildman–Crippen MR) is 78.4 cm³/mol. The number of nitrogens with one attached hydrogen (secondary N) is 3. The summed E-state index contributed by atoms with van der Waals surface area (Å²) >= 11 is 0. The molecule has 0 aliphatic carbocycles. The highest BCUT2D eigenvalue weighted by atomic mass is 35.5. The van der Waals surface area contributed by atoms with Crippen molar-refractivity contribution < 1.29 is 9.59 Å². The minimum atomic E-state index is -0.588. The molecule has 0 spiro atoms. The van der Waals surface area contributed by atoms with E-state index in [1.807, 2.05) is 20.8 Å². The van der Waals surface area contributed by atoms with E-state index in [0.717, 1.165) is 25.8 Å². The Hall–Kier alpha value is -0.810. The molecule has 5 nitrogen and oxygen atoms in total. The molecule has 0 bridgehead atoms. The van der Waals surface area contributed by atoms with Gasteiger partial charge in [0.1, 0.15) is 0 Å². The second kappa shape index (κ2) is 7.10. The third kappa shape index (κ3) is 4.66. The third-order valence-electron chi connectivity index (χ3n) is 3.65. The standard InChI is InChI=1S/C13H25N3O2.ClH/c1-12(2,10(17)14-4)9-15-11(18)13(3)7-5-6-8-16-13;/h16H,5-9H2,1-4H3,(H,14,17)(H,15,18);1H. The van der Waals surface area contributed by atoms with Crippen molar-refractivity contribution in [3.63, 3.8) is 0 Å². The maximum absolute atomic E-state index is 12.2. The predicted octanol–water partition coefficient (Wildman–Crippen LogP) is 0.829. The monoisotopic (exact) mass is 291 g/mol. The Labute approximate surface area is 121 Å².